The second kappa shape index (κ2) is 6.59. The van der Waals surface area contributed by atoms with Crippen LogP contribution in [0.25, 0.3) is 0 Å². The Morgan fingerprint density at radius 1 is 1.25 bits per heavy atom. The zero-order valence-corrected chi connectivity index (χ0v) is 15.9. The van der Waals surface area contributed by atoms with E-state index in [0.29, 0.717) is 23.7 Å². The van der Waals surface area contributed by atoms with Gasteiger partial charge >= 0.3 is 0 Å². The van der Waals surface area contributed by atoms with E-state index in [9.17, 15) is 16.8 Å². The van der Waals surface area contributed by atoms with Crippen LogP contribution >= 0.6 is 11.6 Å². The van der Waals surface area contributed by atoms with Gasteiger partial charge in [-0.05, 0) is 19.3 Å². The standard InChI is InChI=1S/C14H22ClN3O4S2/c1-17-14(12(15)9-16-17)13-5-3-2-4-7-18(13)24(21,22)11-6-8-23(19,20)10-11/h9,11,13H,2-8,10H2,1H3. The van der Waals surface area contributed by atoms with Gasteiger partial charge in [0.2, 0.25) is 10.0 Å². The fourth-order valence-corrected chi connectivity index (χ4v) is 8.68. The fourth-order valence-electron chi connectivity index (χ4n) is 3.64. The Kier molecular flexibility index (Phi) is 4.98. The molecule has 0 amide bonds. The van der Waals surface area contributed by atoms with Crippen LogP contribution in [0.3, 0.4) is 0 Å². The highest BCUT2D eigenvalue weighted by atomic mass is 35.5. The van der Waals surface area contributed by atoms with E-state index in [1.807, 2.05) is 0 Å². The minimum absolute atomic E-state index is 0.0537. The molecule has 0 N–H and O–H groups in total. The van der Waals surface area contributed by atoms with Crippen molar-refractivity contribution in [3.63, 3.8) is 0 Å². The van der Waals surface area contributed by atoms with Crippen molar-refractivity contribution >= 4 is 31.5 Å². The molecule has 2 aliphatic rings. The van der Waals surface area contributed by atoms with Gasteiger partial charge in [-0.3, -0.25) is 4.68 Å². The number of hydrogen-bond acceptors (Lipinski definition) is 5. The monoisotopic (exact) mass is 395 g/mol. The maximum atomic E-state index is 13.1. The lowest BCUT2D eigenvalue weighted by Crippen LogP contribution is -2.42. The highest BCUT2D eigenvalue weighted by Crippen LogP contribution is 2.37. The van der Waals surface area contributed by atoms with Crippen molar-refractivity contribution in [1.82, 2.24) is 14.1 Å². The van der Waals surface area contributed by atoms with Gasteiger partial charge in [0.15, 0.2) is 9.84 Å². The molecule has 10 heteroatoms. The molecular weight excluding hydrogens is 374 g/mol. The molecule has 1 aromatic rings. The smallest absolute Gasteiger partial charge is 0.218 e. The van der Waals surface area contributed by atoms with Crippen molar-refractivity contribution in [2.45, 2.75) is 43.4 Å². The Morgan fingerprint density at radius 3 is 2.58 bits per heavy atom. The zero-order chi connectivity index (χ0) is 17.5. The molecule has 2 unspecified atom stereocenters. The molecule has 2 saturated heterocycles. The molecular formula is C14H22ClN3O4S2. The Bertz CT molecular complexity index is 800. The predicted octanol–water partition coefficient (Wildman–Crippen LogP) is 1.51. The van der Waals surface area contributed by atoms with Gasteiger partial charge in [0.05, 0.1) is 39.7 Å². The van der Waals surface area contributed by atoms with E-state index in [2.05, 4.69) is 5.10 Å². The molecule has 1 aromatic heterocycles. The quantitative estimate of drug-likeness (QED) is 0.773. The summed E-state index contributed by atoms with van der Waals surface area (Å²) in [5, 5.41) is 3.72. The largest absolute Gasteiger partial charge is 0.269 e. The molecule has 3 heterocycles. The van der Waals surface area contributed by atoms with Gasteiger partial charge in [0, 0.05) is 13.6 Å². The molecule has 2 fully saturated rings. The normalized spacial score (nSPS) is 28.8. The van der Waals surface area contributed by atoms with Gasteiger partial charge in [0.1, 0.15) is 0 Å². The molecule has 3 rings (SSSR count). The van der Waals surface area contributed by atoms with E-state index < -0.39 is 25.1 Å². The van der Waals surface area contributed by atoms with Crippen molar-refractivity contribution in [2.24, 2.45) is 7.05 Å². The average Bonchev–Trinajstić information content (AvgIpc) is 2.92. The van der Waals surface area contributed by atoms with Gasteiger partial charge in [-0.1, -0.05) is 24.4 Å². The number of nitrogens with zero attached hydrogens (tertiary/aromatic N) is 3. The Morgan fingerprint density at radius 2 is 2.00 bits per heavy atom. The van der Waals surface area contributed by atoms with Crippen LogP contribution in [0.2, 0.25) is 5.02 Å². The summed E-state index contributed by atoms with van der Waals surface area (Å²) < 4.78 is 52.9. The molecule has 24 heavy (non-hydrogen) atoms. The number of halogens is 1. The Labute approximate surface area is 147 Å². The van der Waals surface area contributed by atoms with E-state index >= 15 is 0 Å². The summed E-state index contributed by atoms with van der Waals surface area (Å²) >= 11 is 6.25. The van der Waals surface area contributed by atoms with Gasteiger partial charge in [-0.2, -0.15) is 9.40 Å². The summed E-state index contributed by atoms with van der Waals surface area (Å²) in [5.74, 6) is -0.334. The molecule has 0 aliphatic carbocycles. The second-order valence-corrected chi connectivity index (χ2v) is 11.3. The highest BCUT2D eigenvalue weighted by Gasteiger charge is 2.44. The molecule has 2 aliphatic heterocycles. The number of aromatic nitrogens is 2. The molecule has 0 bridgehead atoms. The maximum Gasteiger partial charge on any atom is 0.218 e. The summed E-state index contributed by atoms with van der Waals surface area (Å²) in [5.41, 5.74) is 0.683. The lowest BCUT2D eigenvalue weighted by Gasteiger charge is -2.31. The first-order chi connectivity index (χ1) is 11.2. The molecule has 0 spiro atoms. The van der Waals surface area contributed by atoms with Crippen molar-refractivity contribution in [3.8, 4) is 0 Å². The van der Waals surface area contributed by atoms with Crippen molar-refractivity contribution < 1.29 is 16.8 Å². The first-order valence-corrected chi connectivity index (χ1v) is 11.8. The molecule has 0 aromatic carbocycles. The van der Waals surface area contributed by atoms with Crippen LogP contribution in [0.5, 0.6) is 0 Å². The number of rotatable bonds is 3. The number of sulfonamides is 1. The van der Waals surface area contributed by atoms with Crippen LogP contribution in [0.15, 0.2) is 6.20 Å². The fraction of sp³-hybridized carbons (Fsp3) is 0.786. The first kappa shape index (κ1) is 18.2. The summed E-state index contributed by atoms with van der Waals surface area (Å²) in [6, 6.07) is -0.388. The van der Waals surface area contributed by atoms with E-state index in [-0.39, 0.29) is 24.0 Å². The summed E-state index contributed by atoms with van der Waals surface area (Å²) in [4.78, 5) is 0. The third-order valence-corrected chi connectivity index (χ3v) is 9.50. The summed E-state index contributed by atoms with van der Waals surface area (Å²) in [6.07, 6.45) is 4.98. The second-order valence-electron chi connectivity index (χ2n) is 6.55. The van der Waals surface area contributed by atoms with Crippen LogP contribution < -0.4 is 0 Å². The number of aryl methyl sites for hydroxylation is 1. The summed E-state index contributed by atoms with van der Waals surface area (Å²) in [6.45, 7) is 0.394. The topological polar surface area (TPSA) is 89.3 Å². The van der Waals surface area contributed by atoms with Crippen LogP contribution in [-0.2, 0) is 26.9 Å². The lowest BCUT2D eigenvalue weighted by molar-refractivity contribution is 0.312. The molecule has 7 nitrogen and oxygen atoms in total. The van der Waals surface area contributed by atoms with Gasteiger partial charge in [-0.25, -0.2) is 16.8 Å². The Balaban J connectivity index is 1.99. The minimum Gasteiger partial charge on any atom is -0.269 e. The van der Waals surface area contributed by atoms with Gasteiger partial charge < -0.3 is 0 Å². The van der Waals surface area contributed by atoms with Gasteiger partial charge in [-0.15, -0.1) is 0 Å². The van der Waals surface area contributed by atoms with E-state index in [4.69, 9.17) is 11.6 Å². The van der Waals surface area contributed by atoms with Gasteiger partial charge in [0.25, 0.3) is 0 Å². The van der Waals surface area contributed by atoms with E-state index in [0.717, 1.165) is 19.3 Å². The van der Waals surface area contributed by atoms with Crippen LogP contribution in [0, 0.1) is 0 Å². The predicted molar refractivity (Wildman–Crippen MR) is 92.1 cm³/mol. The molecule has 2 atom stereocenters. The molecule has 136 valence electrons. The highest BCUT2D eigenvalue weighted by molar-refractivity contribution is 7.95. The molecule has 0 radical (unpaired) electrons. The van der Waals surface area contributed by atoms with Crippen LogP contribution in [0.4, 0.5) is 0 Å². The third-order valence-electron chi connectivity index (χ3n) is 4.90. The molecule has 0 saturated carbocycles. The lowest BCUT2D eigenvalue weighted by atomic mass is 10.1. The van der Waals surface area contributed by atoms with Crippen LogP contribution in [0.1, 0.15) is 43.8 Å². The van der Waals surface area contributed by atoms with Crippen molar-refractivity contribution in [3.05, 3.63) is 16.9 Å². The first-order valence-electron chi connectivity index (χ1n) is 8.11. The summed E-state index contributed by atoms with van der Waals surface area (Å²) in [7, 11) is -5.23. The zero-order valence-electron chi connectivity index (χ0n) is 13.6. The minimum atomic E-state index is -3.71. The maximum absolute atomic E-state index is 13.1. The average molecular weight is 396 g/mol. The van der Waals surface area contributed by atoms with E-state index in [1.165, 1.54) is 10.5 Å². The third kappa shape index (κ3) is 3.36. The Hall–Kier alpha value is -0.640. The number of hydrogen-bond donors (Lipinski definition) is 0. The van der Waals surface area contributed by atoms with E-state index in [1.54, 1.807) is 11.7 Å². The van der Waals surface area contributed by atoms with Crippen molar-refractivity contribution in [1.29, 1.82) is 0 Å². The van der Waals surface area contributed by atoms with Crippen molar-refractivity contribution in [2.75, 3.05) is 18.1 Å². The number of sulfone groups is 1. The van der Waals surface area contributed by atoms with Crippen LogP contribution in [-0.4, -0.2) is 54.2 Å². The SMILES string of the molecule is Cn1ncc(Cl)c1C1CCCCCN1S(=O)(=O)C1CCS(=O)(=O)C1.